The van der Waals surface area contributed by atoms with Crippen LogP contribution in [0.1, 0.15) is 56.4 Å². The zero-order valence-electron chi connectivity index (χ0n) is 11.5. The average Bonchev–Trinajstić information content (AvgIpc) is 2.95. The van der Waals surface area contributed by atoms with Crippen molar-refractivity contribution in [1.29, 1.82) is 0 Å². The minimum absolute atomic E-state index is 0.393. The van der Waals surface area contributed by atoms with E-state index in [1.165, 1.54) is 5.69 Å². The van der Waals surface area contributed by atoms with Crippen LogP contribution in [0.25, 0.3) is 0 Å². The van der Waals surface area contributed by atoms with E-state index in [1.54, 1.807) is 6.33 Å². The summed E-state index contributed by atoms with van der Waals surface area (Å²) in [5.74, 6) is 2.97. The third-order valence-corrected chi connectivity index (χ3v) is 3.37. The number of nitrogens with zero attached hydrogens (tertiary/aromatic N) is 4. The molecule has 0 bridgehead atoms. The number of nitrogens with one attached hydrogen (secondary N) is 1. The van der Waals surface area contributed by atoms with E-state index in [2.05, 4.69) is 52.6 Å². The first-order chi connectivity index (χ1) is 8.59. The van der Waals surface area contributed by atoms with Crippen LogP contribution in [-0.2, 0) is 13.5 Å². The molecule has 98 valence electrons. The zero-order chi connectivity index (χ0) is 13.1. The Morgan fingerprint density at radius 2 is 2.06 bits per heavy atom. The molecule has 2 rings (SSSR count). The fraction of sp³-hybridized carbons (Fsp3) is 0.615. The van der Waals surface area contributed by atoms with Crippen molar-refractivity contribution in [2.45, 2.75) is 45.4 Å². The highest BCUT2D eigenvalue weighted by atomic mass is 15.2. The van der Waals surface area contributed by atoms with Crippen LogP contribution >= 0.6 is 0 Å². The van der Waals surface area contributed by atoms with Gasteiger partial charge in [0.2, 0.25) is 0 Å². The van der Waals surface area contributed by atoms with Crippen molar-refractivity contribution >= 4 is 0 Å². The fourth-order valence-electron chi connectivity index (χ4n) is 2.18. The number of hydrogen-bond donors (Lipinski definition) is 1. The monoisotopic (exact) mass is 247 g/mol. The quantitative estimate of drug-likeness (QED) is 0.882. The van der Waals surface area contributed by atoms with E-state index >= 15 is 0 Å². The van der Waals surface area contributed by atoms with Crippen molar-refractivity contribution in [1.82, 2.24) is 24.7 Å². The van der Waals surface area contributed by atoms with Gasteiger partial charge in [-0.25, -0.2) is 9.97 Å². The number of H-pyrrole nitrogens is 1. The summed E-state index contributed by atoms with van der Waals surface area (Å²) < 4.78 is 2.21. The molecule has 0 spiro atoms. The Hall–Kier alpha value is -1.65. The minimum atomic E-state index is 0.393. The lowest BCUT2D eigenvalue weighted by molar-refractivity contribution is 0.612. The van der Waals surface area contributed by atoms with Crippen LogP contribution in [0.15, 0.2) is 12.5 Å². The Kier molecular flexibility index (Phi) is 3.79. The zero-order valence-corrected chi connectivity index (χ0v) is 11.5. The molecule has 18 heavy (non-hydrogen) atoms. The topological polar surface area (TPSA) is 59.4 Å². The highest BCUT2D eigenvalue weighted by Crippen LogP contribution is 2.19. The van der Waals surface area contributed by atoms with Crippen LogP contribution in [0, 0.1) is 0 Å². The molecule has 2 aromatic heterocycles. The van der Waals surface area contributed by atoms with Crippen LogP contribution in [-0.4, -0.2) is 24.7 Å². The summed E-state index contributed by atoms with van der Waals surface area (Å²) in [5, 5.41) is 6.82. The molecular formula is C13H21N5. The molecule has 0 saturated carbocycles. The summed E-state index contributed by atoms with van der Waals surface area (Å²) in [4.78, 5) is 8.68. The van der Waals surface area contributed by atoms with Crippen molar-refractivity contribution in [2.24, 2.45) is 7.05 Å². The van der Waals surface area contributed by atoms with Gasteiger partial charge in [-0.2, -0.15) is 5.10 Å². The predicted molar refractivity (Wildman–Crippen MR) is 70.4 cm³/mol. The maximum Gasteiger partial charge on any atom is 0.137 e. The molecule has 2 aromatic rings. The largest absolute Gasteiger partial charge is 0.335 e. The lowest BCUT2D eigenvalue weighted by atomic mass is 10.0. The average molecular weight is 247 g/mol. The van der Waals surface area contributed by atoms with Crippen LogP contribution in [0.3, 0.4) is 0 Å². The number of aromatic amines is 1. The van der Waals surface area contributed by atoms with Crippen molar-refractivity contribution in [2.75, 3.05) is 0 Å². The van der Waals surface area contributed by atoms with Gasteiger partial charge in [0, 0.05) is 30.8 Å². The van der Waals surface area contributed by atoms with Gasteiger partial charge < -0.3 is 4.57 Å². The molecule has 5 nitrogen and oxygen atoms in total. The Labute approximate surface area is 108 Å². The van der Waals surface area contributed by atoms with Gasteiger partial charge in [-0.05, 0) is 12.8 Å². The molecule has 1 atom stereocenters. The Bertz CT molecular complexity index is 483. The van der Waals surface area contributed by atoms with E-state index in [4.69, 9.17) is 0 Å². The molecule has 1 N–H and O–H groups in total. The molecule has 5 heteroatoms. The van der Waals surface area contributed by atoms with Crippen LogP contribution in [0.5, 0.6) is 0 Å². The Morgan fingerprint density at radius 3 is 2.61 bits per heavy atom. The smallest absolute Gasteiger partial charge is 0.137 e. The number of aryl methyl sites for hydroxylation is 1. The maximum atomic E-state index is 4.48. The first-order valence-electron chi connectivity index (χ1n) is 6.45. The van der Waals surface area contributed by atoms with Crippen molar-refractivity contribution in [3.8, 4) is 0 Å². The van der Waals surface area contributed by atoms with Crippen molar-refractivity contribution in [3.05, 3.63) is 29.9 Å². The van der Waals surface area contributed by atoms with Gasteiger partial charge in [-0.3, -0.25) is 5.10 Å². The molecule has 1 unspecified atom stereocenters. The number of aromatic nitrogens is 5. The summed E-state index contributed by atoms with van der Waals surface area (Å²) in [6.07, 6.45) is 5.61. The molecule has 0 aromatic carbocycles. The SMILES string of the molecule is CC(C)c1ncc(CCC(C)c2ncn[nH]2)n1C. The van der Waals surface area contributed by atoms with E-state index in [0.717, 1.165) is 24.5 Å². The van der Waals surface area contributed by atoms with Crippen LogP contribution in [0.4, 0.5) is 0 Å². The van der Waals surface area contributed by atoms with E-state index in [9.17, 15) is 0 Å². The van der Waals surface area contributed by atoms with Crippen molar-refractivity contribution < 1.29 is 0 Å². The number of hydrogen-bond acceptors (Lipinski definition) is 3. The third kappa shape index (κ3) is 2.60. The number of rotatable bonds is 5. The summed E-state index contributed by atoms with van der Waals surface area (Å²) in [6.45, 7) is 6.51. The molecule has 0 aliphatic rings. The lowest BCUT2D eigenvalue weighted by Crippen LogP contribution is -2.05. The predicted octanol–water partition coefficient (Wildman–Crippen LogP) is 2.40. The second kappa shape index (κ2) is 5.33. The molecule has 0 aliphatic heterocycles. The van der Waals surface area contributed by atoms with Gasteiger partial charge in [-0.15, -0.1) is 0 Å². The Morgan fingerprint density at radius 1 is 1.28 bits per heavy atom. The fourth-order valence-corrected chi connectivity index (χ4v) is 2.18. The van der Waals surface area contributed by atoms with Crippen molar-refractivity contribution in [3.63, 3.8) is 0 Å². The Balaban J connectivity index is 1.98. The normalized spacial score (nSPS) is 13.2. The summed E-state index contributed by atoms with van der Waals surface area (Å²) in [6, 6.07) is 0. The minimum Gasteiger partial charge on any atom is -0.335 e. The van der Waals surface area contributed by atoms with E-state index in [0.29, 0.717) is 11.8 Å². The van der Waals surface area contributed by atoms with Gasteiger partial charge in [0.1, 0.15) is 18.0 Å². The molecule has 0 fully saturated rings. The standard InChI is InChI=1S/C13H21N5/c1-9(2)13-14-7-11(18(13)4)6-5-10(3)12-15-8-16-17-12/h7-10H,5-6H2,1-4H3,(H,15,16,17). The summed E-state index contributed by atoms with van der Waals surface area (Å²) in [7, 11) is 2.09. The molecule has 0 saturated heterocycles. The highest BCUT2D eigenvalue weighted by molar-refractivity contribution is 5.08. The lowest BCUT2D eigenvalue weighted by Gasteiger charge is -2.10. The second-order valence-corrected chi connectivity index (χ2v) is 5.13. The van der Waals surface area contributed by atoms with Gasteiger partial charge in [0.15, 0.2) is 0 Å². The molecule has 0 radical (unpaired) electrons. The maximum absolute atomic E-state index is 4.48. The first-order valence-corrected chi connectivity index (χ1v) is 6.45. The van der Waals surface area contributed by atoms with Gasteiger partial charge in [-0.1, -0.05) is 20.8 Å². The molecular weight excluding hydrogens is 226 g/mol. The van der Waals surface area contributed by atoms with Gasteiger partial charge >= 0.3 is 0 Å². The van der Waals surface area contributed by atoms with E-state index in [-0.39, 0.29) is 0 Å². The van der Waals surface area contributed by atoms with Gasteiger partial charge in [0.25, 0.3) is 0 Å². The second-order valence-electron chi connectivity index (χ2n) is 5.13. The third-order valence-electron chi connectivity index (χ3n) is 3.37. The molecule has 2 heterocycles. The highest BCUT2D eigenvalue weighted by Gasteiger charge is 2.13. The number of imidazole rings is 1. The van der Waals surface area contributed by atoms with Crippen LogP contribution in [0.2, 0.25) is 0 Å². The van der Waals surface area contributed by atoms with Crippen LogP contribution < -0.4 is 0 Å². The first kappa shape index (κ1) is 12.8. The molecule has 0 aliphatic carbocycles. The molecule has 0 amide bonds. The van der Waals surface area contributed by atoms with E-state index in [1.807, 2.05) is 6.20 Å². The van der Waals surface area contributed by atoms with Gasteiger partial charge in [0.05, 0.1) is 0 Å². The summed E-state index contributed by atoms with van der Waals surface area (Å²) >= 11 is 0. The van der Waals surface area contributed by atoms with E-state index < -0.39 is 0 Å². The summed E-state index contributed by atoms with van der Waals surface area (Å²) in [5.41, 5.74) is 1.28.